The molecule has 184 valence electrons. The minimum absolute atomic E-state index is 0.0229. The predicted molar refractivity (Wildman–Crippen MR) is 138 cm³/mol. The normalized spacial score (nSPS) is 23.2. The average molecular weight is 474 g/mol. The van der Waals surface area contributed by atoms with Crippen LogP contribution < -0.4 is 9.47 Å². The van der Waals surface area contributed by atoms with E-state index in [1.54, 1.807) is 24.3 Å². The van der Waals surface area contributed by atoms with Crippen LogP contribution in [0.5, 0.6) is 23.0 Å². The molecule has 0 aromatic heterocycles. The van der Waals surface area contributed by atoms with Gasteiger partial charge in [0.1, 0.15) is 35.2 Å². The van der Waals surface area contributed by atoms with E-state index >= 15 is 0 Å². The molecular weight excluding hydrogens is 438 g/mol. The second-order valence-corrected chi connectivity index (χ2v) is 10.0. The topological polar surface area (TPSA) is 62.2 Å². The van der Waals surface area contributed by atoms with Gasteiger partial charge >= 0.3 is 0 Å². The highest BCUT2D eigenvalue weighted by atomic mass is 16.5. The monoisotopic (exact) mass is 473 g/mol. The minimum atomic E-state index is -0.202. The van der Waals surface area contributed by atoms with Crippen LogP contribution >= 0.6 is 0 Å². The molecule has 5 nitrogen and oxygen atoms in total. The molecule has 5 heteroatoms. The maximum Gasteiger partial charge on any atom is 0.131 e. The Hall–Kier alpha value is -3.18. The van der Waals surface area contributed by atoms with Crippen molar-refractivity contribution < 1.29 is 19.7 Å². The quantitative estimate of drug-likeness (QED) is 0.435. The van der Waals surface area contributed by atoms with Gasteiger partial charge in [-0.15, -0.1) is 0 Å². The number of rotatable bonds is 6. The van der Waals surface area contributed by atoms with E-state index in [1.165, 1.54) is 32.4 Å². The van der Waals surface area contributed by atoms with Crippen LogP contribution in [0.3, 0.4) is 0 Å². The molecule has 2 aliphatic rings. The van der Waals surface area contributed by atoms with Gasteiger partial charge in [0, 0.05) is 18.0 Å². The zero-order valence-electron chi connectivity index (χ0n) is 20.6. The molecule has 2 aliphatic heterocycles. The highest BCUT2D eigenvalue weighted by Gasteiger charge is 2.38. The fourth-order valence-electron chi connectivity index (χ4n) is 5.61. The van der Waals surface area contributed by atoms with Gasteiger partial charge in [0.25, 0.3) is 0 Å². The summed E-state index contributed by atoms with van der Waals surface area (Å²) in [6.45, 7) is 7.60. The zero-order valence-corrected chi connectivity index (χ0v) is 20.6. The number of phenolic OH excluding ortho intramolecular Hbond substituents is 2. The van der Waals surface area contributed by atoms with Crippen molar-refractivity contribution in [2.75, 3.05) is 19.6 Å². The summed E-state index contributed by atoms with van der Waals surface area (Å²) in [5.74, 6) is 2.28. The molecule has 5 rings (SSSR count). The first-order chi connectivity index (χ1) is 17.0. The third-order valence-corrected chi connectivity index (χ3v) is 7.39. The van der Waals surface area contributed by atoms with Gasteiger partial charge in [-0.05, 0) is 92.4 Å². The van der Waals surface area contributed by atoms with E-state index < -0.39 is 0 Å². The SMILES string of the molecule is C[C@H](CN1CCCCC1)Oc1ccc([C@@H]2Oc3ccc(O)cc3[C@@H](C)[C@@H]2c2ccc(O)cc2)cc1. The van der Waals surface area contributed by atoms with Crippen molar-refractivity contribution >= 4 is 0 Å². The second-order valence-electron chi connectivity index (χ2n) is 10.0. The third kappa shape index (κ3) is 5.25. The lowest BCUT2D eigenvalue weighted by atomic mass is 9.75. The van der Waals surface area contributed by atoms with Crippen LogP contribution in [0, 0.1) is 0 Å². The van der Waals surface area contributed by atoms with E-state index in [0.717, 1.165) is 34.7 Å². The number of hydrogen-bond acceptors (Lipinski definition) is 5. The number of phenols is 2. The van der Waals surface area contributed by atoms with Gasteiger partial charge in [0.15, 0.2) is 0 Å². The molecule has 3 aromatic rings. The summed E-state index contributed by atoms with van der Waals surface area (Å²) in [5, 5.41) is 19.9. The van der Waals surface area contributed by atoms with Crippen molar-refractivity contribution in [1.82, 2.24) is 4.90 Å². The van der Waals surface area contributed by atoms with Crippen LogP contribution in [0.15, 0.2) is 66.7 Å². The van der Waals surface area contributed by atoms with Gasteiger partial charge in [-0.1, -0.05) is 37.6 Å². The van der Waals surface area contributed by atoms with Crippen molar-refractivity contribution in [2.45, 2.75) is 57.2 Å². The highest BCUT2D eigenvalue weighted by molar-refractivity contribution is 5.48. The van der Waals surface area contributed by atoms with E-state index in [9.17, 15) is 10.2 Å². The largest absolute Gasteiger partial charge is 0.508 e. The molecular formula is C30H35NO4. The Morgan fingerprint density at radius 3 is 2.26 bits per heavy atom. The standard InChI is InChI=1S/C30H35NO4/c1-20(19-31-16-4-3-5-17-31)34-26-13-8-23(9-14-26)30-29(22-6-10-24(32)11-7-22)21(2)27-18-25(33)12-15-28(27)35-30/h6-15,18,20-21,29-30,32-33H,3-5,16-17,19H2,1-2H3/t20-,21-,29-,30+/m1/s1. The first kappa shape index (κ1) is 23.6. The number of likely N-dealkylation sites (tertiary alicyclic amines) is 1. The summed E-state index contributed by atoms with van der Waals surface area (Å²) in [4.78, 5) is 2.50. The molecule has 0 amide bonds. The number of fused-ring (bicyclic) bond motifs is 1. The molecule has 0 spiro atoms. The summed E-state index contributed by atoms with van der Waals surface area (Å²) in [5.41, 5.74) is 3.15. The molecule has 1 fully saturated rings. The Bertz CT molecular complexity index is 1120. The fraction of sp³-hybridized carbons (Fsp3) is 0.400. The van der Waals surface area contributed by atoms with Crippen LogP contribution in [-0.2, 0) is 0 Å². The van der Waals surface area contributed by atoms with Crippen LogP contribution in [-0.4, -0.2) is 40.9 Å². The Labute approximate surface area is 207 Å². The Balaban J connectivity index is 1.38. The van der Waals surface area contributed by atoms with Gasteiger partial charge in [0.2, 0.25) is 0 Å². The maximum absolute atomic E-state index is 10.1. The van der Waals surface area contributed by atoms with Gasteiger partial charge in [0.05, 0.1) is 0 Å². The highest BCUT2D eigenvalue weighted by Crippen LogP contribution is 2.51. The maximum atomic E-state index is 10.1. The van der Waals surface area contributed by atoms with Gasteiger partial charge < -0.3 is 19.7 Å². The minimum Gasteiger partial charge on any atom is -0.508 e. The van der Waals surface area contributed by atoms with Crippen LogP contribution in [0.2, 0.25) is 0 Å². The van der Waals surface area contributed by atoms with E-state index in [-0.39, 0.29) is 35.5 Å². The summed E-state index contributed by atoms with van der Waals surface area (Å²) < 4.78 is 12.8. The first-order valence-corrected chi connectivity index (χ1v) is 12.8. The van der Waals surface area contributed by atoms with Crippen molar-refractivity contribution in [2.24, 2.45) is 0 Å². The molecule has 0 saturated carbocycles. The third-order valence-electron chi connectivity index (χ3n) is 7.39. The number of hydrogen-bond donors (Lipinski definition) is 2. The van der Waals surface area contributed by atoms with E-state index in [4.69, 9.17) is 9.47 Å². The van der Waals surface area contributed by atoms with Crippen molar-refractivity contribution in [1.29, 1.82) is 0 Å². The number of benzene rings is 3. The van der Waals surface area contributed by atoms with Crippen LogP contribution in [0.25, 0.3) is 0 Å². The number of piperidine rings is 1. The van der Waals surface area contributed by atoms with Gasteiger partial charge in [-0.2, -0.15) is 0 Å². The number of ether oxygens (including phenoxy) is 2. The number of nitrogens with zero attached hydrogens (tertiary/aromatic N) is 1. The summed E-state index contributed by atoms with van der Waals surface area (Å²) >= 11 is 0. The van der Waals surface area contributed by atoms with E-state index in [1.807, 2.05) is 30.3 Å². The Kier molecular flexibility index (Phi) is 6.87. The summed E-state index contributed by atoms with van der Waals surface area (Å²) in [7, 11) is 0. The average Bonchev–Trinajstić information content (AvgIpc) is 2.86. The number of aromatic hydroxyl groups is 2. The molecule has 4 atom stereocenters. The fourth-order valence-corrected chi connectivity index (χ4v) is 5.61. The molecule has 2 heterocycles. The first-order valence-electron chi connectivity index (χ1n) is 12.8. The van der Waals surface area contributed by atoms with E-state index in [2.05, 4.69) is 30.9 Å². The molecule has 0 radical (unpaired) electrons. The Morgan fingerprint density at radius 1 is 0.886 bits per heavy atom. The van der Waals surface area contributed by atoms with Crippen molar-refractivity contribution in [3.63, 3.8) is 0 Å². The smallest absolute Gasteiger partial charge is 0.131 e. The van der Waals surface area contributed by atoms with E-state index in [0.29, 0.717) is 0 Å². The molecule has 3 aromatic carbocycles. The van der Waals surface area contributed by atoms with Crippen molar-refractivity contribution in [3.8, 4) is 23.0 Å². The second kappa shape index (κ2) is 10.2. The molecule has 2 N–H and O–H groups in total. The molecule has 1 saturated heterocycles. The van der Waals surface area contributed by atoms with Crippen LogP contribution in [0.4, 0.5) is 0 Å². The molecule has 35 heavy (non-hydrogen) atoms. The van der Waals surface area contributed by atoms with Crippen LogP contribution in [0.1, 0.15) is 67.7 Å². The van der Waals surface area contributed by atoms with Gasteiger partial charge in [-0.25, -0.2) is 0 Å². The Morgan fingerprint density at radius 2 is 1.54 bits per heavy atom. The lowest BCUT2D eigenvalue weighted by Gasteiger charge is -2.39. The van der Waals surface area contributed by atoms with Crippen molar-refractivity contribution in [3.05, 3.63) is 83.4 Å². The predicted octanol–water partition coefficient (Wildman–Crippen LogP) is 6.37. The lowest BCUT2D eigenvalue weighted by molar-refractivity contribution is 0.129. The molecule has 0 unspecified atom stereocenters. The molecule has 0 aliphatic carbocycles. The summed E-state index contributed by atoms with van der Waals surface area (Å²) in [6.07, 6.45) is 3.84. The molecule has 0 bridgehead atoms. The zero-order chi connectivity index (χ0) is 24.4. The van der Waals surface area contributed by atoms with Gasteiger partial charge in [-0.3, -0.25) is 4.90 Å². The lowest BCUT2D eigenvalue weighted by Crippen LogP contribution is -2.37. The summed E-state index contributed by atoms with van der Waals surface area (Å²) in [6, 6.07) is 20.9.